The molecule has 0 aliphatic carbocycles. The number of halogens is 2. The molecule has 8 nitrogen and oxygen atoms in total. The highest BCUT2D eigenvalue weighted by molar-refractivity contribution is 6.35. The van der Waals surface area contributed by atoms with E-state index in [1.807, 2.05) is 0 Å². The second-order valence-electron chi connectivity index (χ2n) is 5.87. The first kappa shape index (κ1) is 17.4. The topological polar surface area (TPSA) is 97.6 Å². The van der Waals surface area contributed by atoms with E-state index in [-0.39, 0.29) is 5.91 Å². The minimum atomic E-state index is -0.613. The van der Waals surface area contributed by atoms with Gasteiger partial charge in [0.2, 0.25) is 5.95 Å². The molecule has 0 radical (unpaired) electrons. The zero-order valence-electron chi connectivity index (χ0n) is 14.0. The number of hydrogen-bond acceptors (Lipinski definition) is 6. The molecule has 0 bridgehead atoms. The van der Waals surface area contributed by atoms with Gasteiger partial charge < -0.3 is 10.6 Å². The average molecular weight is 402 g/mol. The Bertz CT molecular complexity index is 1050. The van der Waals surface area contributed by atoms with Crippen molar-refractivity contribution in [2.45, 2.75) is 13.0 Å². The van der Waals surface area contributed by atoms with E-state index < -0.39 is 6.04 Å². The Morgan fingerprint density at radius 2 is 2.15 bits per heavy atom. The number of fused-ring (bicyclic) bond motifs is 1. The van der Waals surface area contributed by atoms with Crippen LogP contribution in [0, 0.1) is 0 Å². The molecule has 0 saturated heterocycles. The van der Waals surface area contributed by atoms with Crippen molar-refractivity contribution in [2.24, 2.45) is 0 Å². The van der Waals surface area contributed by atoms with E-state index in [4.69, 9.17) is 23.2 Å². The summed E-state index contributed by atoms with van der Waals surface area (Å²) in [5.74, 6) is 0.103. The number of tetrazole rings is 1. The van der Waals surface area contributed by atoms with Gasteiger partial charge in [0.25, 0.3) is 5.91 Å². The van der Waals surface area contributed by atoms with Gasteiger partial charge >= 0.3 is 0 Å². The Hall–Kier alpha value is -2.97. The minimum Gasteiger partial charge on any atom is -0.326 e. The van der Waals surface area contributed by atoms with Gasteiger partial charge in [0.05, 0.1) is 17.5 Å². The molecule has 3 heterocycles. The van der Waals surface area contributed by atoms with Crippen LogP contribution >= 0.6 is 23.2 Å². The Morgan fingerprint density at radius 3 is 2.89 bits per heavy atom. The fourth-order valence-electron chi connectivity index (χ4n) is 2.95. The fraction of sp³-hybridized carbons (Fsp3) is 0.118. The van der Waals surface area contributed by atoms with Crippen LogP contribution in [0.4, 0.5) is 11.6 Å². The summed E-state index contributed by atoms with van der Waals surface area (Å²) in [6, 6.07) is 7.97. The summed E-state index contributed by atoms with van der Waals surface area (Å²) in [6.45, 7) is 1.78. The lowest BCUT2D eigenvalue weighted by atomic mass is 9.95. The van der Waals surface area contributed by atoms with Crippen LogP contribution in [-0.2, 0) is 4.79 Å². The molecule has 1 aliphatic rings. The number of pyridine rings is 1. The largest absolute Gasteiger partial charge is 0.326 e. The summed E-state index contributed by atoms with van der Waals surface area (Å²) in [5, 5.41) is 18.5. The Morgan fingerprint density at radius 1 is 1.30 bits per heavy atom. The maximum absolute atomic E-state index is 13.1. The first-order chi connectivity index (χ1) is 13.0. The van der Waals surface area contributed by atoms with E-state index in [9.17, 15) is 4.79 Å². The van der Waals surface area contributed by atoms with Crippen LogP contribution < -0.4 is 10.6 Å². The van der Waals surface area contributed by atoms with Gasteiger partial charge in [-0.15, -0.1) is 0 Å². The summed E-state index contributed by atoms with van der Waals surface area (Å²) in [6.07, 6.45) is 3.20. The molecule has 10 heteroatoms. The number of benzene rings is 1. The number of hydrogen-bond donors (Lipinski definition) is 2. The zero-order chi connectivity index (χ0) is 19.0. The summed E-state index contributed by atoms with van der Waals surface area (Å²) in [7, 11) is 0. The Kier molecular flexibility index (Phi) is 4.51. The number of nitrogens with one attached hydrogen (secondary N) is 2. The lowest BCUT2D eigenvalue weighted by molar-refractivity contribution is -0.113. The van der Waals surface area contributed by atoms with Crippen molar-refractivity contribution in [3.63, 3.8) is 0 Å². The van der Waals surface area contributed by atoms with Crippen molar-refractivity contribution >= 4 is 40.7 Å². The highest BCUT2D eigenvalue weighted by atomic mass is 35.5. The smallest absolute Gasteiger partial charge is 0.255 e. The monoisotopic (exact) mass is 401 g/mol. The number of nitrogens with zero attached hydrogens (tertiary/aromatic N) is 5. The second-order valence-corrected chi connectivity index (χ2v) is 6.72. The van der Waals surface area contributed by atoms with Gasteiger partial charge in [0.1, 0.15) is 6.04 Å². The summed E-state index contributed by atoms with van der Waals surface area (Å²) < 4.78 is 1.51. The van der Waals surface area contributed by atoms with Crippen LogP contribution in [0.25, 0.3) is 0 Å². The number of amides is 1. The summed E-state index contributed by atoms with van der Waals surface area (Å²) in [4.78, 5) is 17.1. The Balaban J connectivity index is 1.81. The van der Waals surface area contributed by atoms with Crippen molar-refractivity contribution in [1.29, 1.82) is 0 Å². The van der Waals surface area contributed by atoms with Gasteiger partial charge in [-0.2, -0.15) is 4.68 Å². The quantitative estimate of drug-likeness (QED) is 0.698. The van der Waals surface area contributed by atoms with Crippen LogP contribution in [0.3, 0.4) is 0 Å². The Labute approximate surface area is 164 Å². The van der Waals surface area contributed by atoms with Crippen LogP contribution in [0.2, 0.25) is 10.0 Å². The van der Waals surface area contributed by atoms with Gasteiger partial charge in [-0.25, -0.2) is 0 Å². The highest BCUT2D eigenvalue weighted by Crippen LogP contribution is 2.38. The number of aromatic nitrogens is 5. The minimum absolute atomic E-state index is 0.315. The number of carbonyl (C=O) groups is 1. The molecular formula is C17H13Cl2N7O. The van der Waals surface area contributed by atoms with Crippen LogP contribution in [-0.4, -0.2) is 31.1 Å². The molecule has 2 aromatic heterocycles. The molecule has 0 spiro atoms. The molecule has 1 atom stereocenters. The van der Waals surface area contributed by atoms with Gasteiger partial charge in [0.15, 0.2) is 0 Å². The molecule has 0 fully saturated rings. The molecule has 1 aromatic carbocycles. The molecule has 1 unspecified atom stereocenters. The zero-order valence-corrected chi connectivity index (χ0v) is 15.5. The number of rotatable bonds is 3. The van der Waals surface area contributed by atoms with E-state index in [1.165, 1.54) is 4.68 Å². The normalized spacial score (nSPS) is 15.9. The SMILES string of the molecule is CC1=C(C(=O)Nc2cccnc2)C(c2ccc(Cl)cc2Cl)n2nnnc2N1. The number of carbonyl (C=O) groups excluding carboxylic acids is 1. The van der Waals surface area contributed by atoms with Crippen molar-refractivity contribution in [1.82, 2.24) is 25.2 Å². The molecule has 4 rings (SSSR count). The van der Waals surface area contributed by atoms with Gasteiger partial charge in [-0.05, 0) is 41.6 Å². The third-order valence-corrected chi connectivity index (χ3v) is 4.70. The van der Waals surface area contributed by atoms with E-state index in [0.717, 1.165) is 0 Å². The van der Waals surface area contributed by atoms with Gasteiger partial charge in [-0.3, -0.25) is 9.78 Å². The van der Waals surface area contributed by atoms with Gasteiger partial charge in [0, 0.05) is 27.5 Å². The predicted octanol–water partition coefficient (Wildman–Crippen LogP) is 3.30. The lowest BCUT2D eigenvalue weighted by Gasteiger charge is -2.28. The third-order valence-electron chi connectivity index (χ3n) is 4.14. The lowest BCUT2D eigenvalue weighted by Crippen LogP contribution is -2.31. The maximum Gasteiger partial charge on any atom is 0.255 e. The van der Waals surface area contributed by atoms with Crippen molar-refractivity contribution < 1.29 is 4.79 Å². The fourth-order valence-corrected chi connectivity index (χ4v) is 3.46. The van der Waals surface area contributed by atoms with Crippen LogP contribution in [0.1, 0.15) is 18.5 Å². The van der Waals surface area contributed by atoms with E-state index in [1.54, 1.807) is 49.6 Å². The number of anilines is 2. The second kappa shape index (κ2) is 6.98. The standard InChI is InChI=1S/C17H13Cl2N7O/c1-9-14(16(27)22-11-3-2-6-20-8-11)15(26-17(21-9)23-24-25-26)12-5-4-10(18)7-13(12)19/h2-8,15H,1H3,(H,22,27)(H,21,23,25). The summed E-state index contributed by atoms with van der Waals surface area (Å²) in [5.41, 5.74) is 2.29. The molecular weight excluding hydrogens is 389 g/mol. The molecule has 1 amide bonds. The molecule has 1 aliphatic heterocycles. The van der Waals surface area contributed by atoms with Crippen LogP contribution in [0.5, 0.6) is 0 Å². The first-order valence-corrected chi connectivity index (χ1v) is 8.72. The van der Waals surface area contributed by atoms with E-state index in [2.05, 4.69) is 31.1 Å². The molecule has 136 valence electrons. The third kappa shape index (κ3) is 3.24. The molecule has 27 heavy (non-hydrogen) atoms. The van der Waals surface area contributed by atoms with Gasteiger partial charge in [-0.1, -0.05) is 34.4 Å². The highest BCUT2D eigenvalue weighted by Gasteiger charge is 2.35. The van der Waals surface area contributed by atoms with E-state index >= 15 is 0 Å². The average Bonchev–Trinajstić information content (AvgIpc) is 3.09. The van der Waals surface area contributed by atoms with Crippen LogP contribution in [0.15, 0.2) is 54.0 Å². The van der Waals surface area contributed by atoms with Crippen molar-refractivity contribution in [2.75, 3.05) is 10.6 Å². The summed E-state index contributed by atoms with van der Waals surface area (Å²) >= 11 is 12.5. The maximum atomic E-state index is 13.1. The molecule has 3 aromatic rings. The number of allylic oxidation sites excluding steroid dienone is 1. The first-order valence-electron chi connectivity index (χ1n) is 7.96. The van der Waals surface area contributed by atoms with Crippen molar-refractivity contribution in [3.8, 4) is 0 Å². The molecule has 0 saturated carbocycles. The van der Waals surface area contributed by atoms with E-state index in [0.29, 0.717) is 38.5 Å². The van der Waals surface area contributed by atoms with Crippen molar-refractivity contribution in [3.05, 3.63) is 69.6 Å². The molecule has 2 N–H and O–H groups in total. The predicted molar refractivity (Wildman–Crippen MR) is 102 cm³/mol.